The Morgan fingerprint density at radius 1 is 1.21 bits per heavy atom. The second kappa shape index (κ2) is 5.47. The van der Waals surface area contributed by atoms with Gasteiger partial charge in [0.2, 0.25) is 0 Å². The Morgan fingerprint density at radius 2 is 1.79 bits per heavy atom. The number of halogens is 2. The molecule has 0 N–H and O–H groups in total. The van der Waals surface area contributed by atoms with E-state index < -0.39 is 0 Å². The molecule has 1 aromatic carbocycles. The van der Waals surface area contributed by atoms with Crippen molar-refractivity contribution in [3.8, 4) is 5.75 Å². The third-order valence-electron chi connectivity index (χ3n) is 1.87. The highest BCUT2D eigenvalue weighted by molar-refractivity contribution is 6.34. The van der Waals surface area contributed by atoms with Gasteiger partial charge in [0.25, 0.3) is 0 Å². The molecule has 0 aromatic heterocycles. The van der Waals surface area contributed by atoms with E-state index in [4.69, 9.17) is 27.9 Å². The molecule has 0 aliphatic carbocycles. The highest BCUT2D eigenvalue weighted by Gasteiger charge is 2.04. The van der Waals surface area contributed by atoms with E-state index >= 15 is 0 Å². The van der Waals surface area contributed by atoms with E-state index in [1.54, 1.807) is 18.2 Å². The number of benzene rings is 1. The molecule has 1 nitrogen and oxygen atoms in total. The minimum atomic E-state index is 0.203. The lowest BCUT2D eigenvalue weighted by atomic mass is 10.2. The summed E-state index contributed by atoms with van der Waals surface area (Å²) >= 11 is 11.7. The Morgan fingerprint density at radius 3 is 2.29 bits per heavy atom. The summed E-state index contributed by atoms with van der Waals surface area (Å²) in [6.45, 7) is 4.17. The van der Waals surface area contributed by atoms with Crippen molar-refractivity contribution in [1.29, 1.82) is 0 Å². The van der Waals surface area contributed by atoms with Gasteiger partial charge in [0.15, 0.2) is 0 Å². The van der Waals surface area contributed by atoms with Crippen molar-refractivity contribution in [1.82, 2.24) is 0 Å². The summed E-state index contributed by atoms with van der Waals surface area (Å²) in [5.41, 5.74) is 0. The third-order valence-corrected chi connectivity index (χ3v) is 2.30. The molecule has 0 bridgehead atoms. The molecule has 0 aliphatic heterocycles. The molecular formula is C11H14Cl2O. The predicted molar refractivity (Wildman–Crippen MR) is 61.5 cm³/mol. The second-order valence-electron chi connectivity index (χ2n) is 3.32. The number of rotatable bonds is 4. The normalized spacial score (nSPS) is 12.6. The fraction of sp³-hybridized carbons (Fsp3) is 0.455. The van der Waals surface area contributed by atoms with E-state index in [1.165, 1.54) is 0 Å². The van der Waals surface area contributed by atoms with Gasteiger partial charge in [0, 0.05) is 10.0 Å². The van der Waals surface area contributed by atoms with Gasteiger partial charge >= 0.3 is 0 Å². The third kappa shape index (κ3) is 3.77. The van der Waals surface area contributed by atoms with Crippen LogP contribution >= 0.6 is 23.2 Å². The number of hydrogen-bond acceptors (Lipinski definition) is 1. The topological polar surface area (TPSA) is 9.23 Å². The van der Waals surface area contributed by atoms with Crippen molar-refractivity contribution in [3.63, 3.8) is 0 Å². The smallest absolute Gasteiger partial charge is 0.122 e. The van der Waals surface area contributed by atoms with Gasteiger partial charge in [0.1, 0.15) is 5.75 Å². The van der Waals surface area contributed by atoms with Crippen LogP contribution in [0.15, 0.2) is 18.2 Å². The maximum Gasteiger partial charge on any atom is 0.122 e. The van der Waals surface area contributed by atoms with Crippen LogP contribution in [0.4, 0.5) is 0 Å². The van der Waals surface area contributed by atoms with E-state index in [9.17, 15) is 0 Å². The fourth-order valence-corrected chi connectivity index (χ4v) is 1.80. The van der Waals surface area contributed by atoms with Crippen LogP contribution in [0.2, 0.25) is 10.0 Å². The van der Waals surface area contributed by atoms with E-state index in [-0.39, 0.29) is 6.10 Å². The summed E-state index contributed by atoms with van der Waals surface area (Å²) in [6.07, 6.45) is 2.34. The summed E-state index contributed by atoms with van der Waals surface area (Å²) in [7, 11) is 0. The lowest BCUT2D eigenvalue weighted by Crippen LogP contribution is -2.10. The zero-order valence-electron chi connectivity index (χ0n) is 8.39. The van der Waals surface area contributed by atoms with Crippen molar-refractivity contribution < 1.29 is 4.74 Å². The molecule has 0 spiro atoms. The van der Waals surface area contributed by atoms with Crippen LogP contribution in [0, 0.1) is 0 Å². The zero-order valence-corrected chi connectivity index (χ0v) is 9.90. The minimum Gasteiger partial charge on any atom is -0.491 e. The molecule has 3 heteroatoms. The van der Waals surface area contributed by atoms with Crippen molar-refractivity contribution in [2.45, 2.75) is 32.8 Å². The molecule has 0 radical (unpaired) electrons. The van der Waals surface area contributed by atoms with Crippen molar-refractivity contribution in [2.24, 2.45) is 0 Å². The minimum absolute atomic E-state index is 0.203. The van der Waals surface area contributed by atoms with E-state index in [1.807, 2.05) is 6.92 Å². The fourth-order valence-electron chi connectivity index (χ4n) is 1.29. The zero-order chi connectivity index (χ0) is 10.6. The molecule has 78 valence electrons. The SMILES string of the molecule is CCCC(C)Oc1cc(Cl)cc(Cl)c1. The van der Waals surface area contributed by atoms with Gasteiger partial charge in [-0.3, -0.25) is 0 Å². The molecule has 14 heavy (non-hydrogen) atoms. The van der Waals surface area contributed by atoms with E-state index in [2.05, 4.69) is 6.92 Å². The number of ether oxygens (including phenoxy) is 1. The Bertz CT molecular complexity index is 279. The molecule has 1 rings (SSSR count). The molecule has 1 atom stereocenters. The maximum absolute atomic E-state index is 5.85. The second-order valence-corrected chi connectivity index (χ2v) is 4.20. The molecule has 0 amide bonds. The van der Waals surface area contributed by atoms with Gasteiger partial charge in [-0.05, 0) is 31.5 Å². The van der Waals surface area contributed by atoms with Gasteiger partial charge in [-0.1, -0.05) is 36.5 Å². The summed E-state index contributed by atoms with van der Waals surface area (Å²) < 4.78 is 5.65. The first-order chi connectivity index (χ1) is 6.61. The van der Waals surface area contributed by atoms with Crippen LogP contribution in [-0.2, 0) is 0 Å². The van der Waals surface area contributed by atoms with Crippen LogP contribution in [0.25, 0.3) is 0 Å². The Hall–Kier alpha value is -0.400. The van der Waals surface area contributed by atoms with Crippen LogP contribution in [0.5, 0.6) is 5.75 Å². The van der Waals surface area contributed by atoms with E-state index in [0.717, 1.165) is 18.6 Å². The lowest BCUT2D eigenvalue weighted by Gasteiger charge is -2.13. The first-order valence-corrected chi connectivity index (χ1v) is 5.50. The predicted octanol–water partition coefficient (Wildman–Crippen LogP) is 4.56. The maximum atomic E-state index is 5.85. The van der Waals surface area contributed by atoms with Gasteiger partial charge in [-0.25, -0.2) is 0 Å². The van der Waals surface area contributed by atoms with Crippen LogP contribution in [0.3, 0.4) is 0 Å². The standard InChI is InChI=1S/C11H14Cl2O/c1-3-4-8(2)14-11-6-9(12)5-10(13)7-11/h5-8H,3-4H2,1-2H3. The molecule has 0 saturated heterocycles. The first kappa shape index (κ1) is 11.7. The summed E-state index contributed by atoms with van der Waals surface area (Å²) in [4.78, 5) is 0. The highest BCUT2D eigenvalue weighted by Crippen LogP contribution is 2.25. The van der Waals surface area contributed by atoms with Crippen LogP contribution in [-0.4, -0.2) is 6.10 Å². The Labute approximate surface area is 95.0 Å². The Balaban J connectivity index is 2.66. The van der Waals surface area contributed by atoms with Gasteiger partial charge in [-0.15, -0.1) is 0 Å². The van der Waals surface area contributed by atoms with Crippen LogP contribution in [0.1, 0.15) is 26.7 Å². The average molecular weight is 233 g/mol. The quantitative estimate of drug-likeness (QED) is 0.740. The largest absolute Gasteiger partial charge is 0.491 e. The van der Waals surface area contributed by atoms with Gasteiger partial charge in [-0.2, -0.15) is 0 Å². The first-order valence-electron chi connectivity index (χ1n) is 4.74. The van der Waals surface area contributed by atoms with Gasteiger partial charge in [0.05, 0.1) is 6.10 Å². The molecule has 0 aliphatic rings. The van der Waals surface area contributed by atoms with Crippen molar-refractivity contribution in [2.75, 3.05) is 0 Å². The Kier molecular flexibility index (Phi) is 4.56. The molecule has 1 unspecified atom stereocenters. The number of hydrogen-bond donors (Lipinski definition) is 0. The summed E-state index contributed by atoms with van der Waals surface area (Å²) in [5, 5.41) is 1.22. The molecule has 1 aromatic rings. The molecule has 0 saturated carbocycles. The monoisotopic (exact) mass is 232 g/mol. The highest BCUT2D eigenvalue weighted by atomic mass is 35.5. The lowest BCUT2D eigenvalue weighted by molar-refractivity contribution is 0.210. The average Bonchev–Trinajstić information content (AvgIpc) is 2.01. The molecule has 0 heterocycles. The van der Waals surface area contributed by atoms with E-state index in [0.29, 0.717) is 10.0 Å². The van der Waals surface area contributed by atoms with Crippen molar-refractivity contribution in [3.05, 3.63) is 28.2 Å². The summed E-state index contributed by atoms with van der Waals surface area (Å²) in [6, 6.07) is 5.25. The van der Waals surface area contributed by atoms with Crippen LogP contribution < -0.4 is 4.74 Å². The summed E-state index contributed by atoms with van der Waals surface area (Å²) in [5.74, 6) is 0.739. The molecule has 0 fully saturated rings. The van der Waals surface area contributed by atoms with Crippen molar-refractivity contribution >= 4 is 23.2 Å². The van der Waals surface area contributed by atoms with Gasteiger partial charge < -0.3 is 4.74 Å². The molecular weight excluding hydrogens is 219 g/mol.